The first-order valence-electron chi connectivity index (χ1n) is 7.58. The number of aliphatic imine (C=N–C) groups is 1. The summed E-state index contributed by atoms with van der Waals surface area (Å²) in [5.41, 5.74) is 0.454. The predicted molar refractivity (Wildman–Crippen MR) is 101 cm³/mol. The van der Waals surface area contributed by atoms with Crippen LogP contribution in [0.4, 0.5) is 13.2 Å². The lowest BCUT2D eigenvalue weighted by molar-refractivity contribution is -0.137. The summed E-state index contributed by atoms with van der Waals surface area (Å²) in [7, 11) is -3.53. The van der Waals surface area contributed by atoms with Gasteiger partial charge in [-0.3, -0.25) is 4.99 Å². The van der Waals surface area contributed by atoms with E-state index >= 15 is 0 Å². The fraction of sp³-hybridized carbons (Fsp3) is 0.312. The maximum absolute atomic E-state index is 13.0. The molecule has 0 bridgehead atoms. The Balaban J connectivity index is 2.63. The Morgan fingerprint density at radius 2 is 2.04 bits per heavy atom. The molecular formula is C16H16BrF3N4O2S. The van der Waals surface area contributed by atoms with E-state index in [1.54, 1.807) is 6.92 Å². The zero-order chi connectivity index (χ0) is 20.4. The summed E-state index contributed by atoms with van der Waals surface area (Å²) in [5, 5.41) is 11.6. The van der Waals surface area contributed by atoms with E-state index in [-0.39, 0.29) is 5.56 Å². The first kappa shape index (κ1) is 21.3. The third kappa shape index (κ3) is 5.25. The summed E-state index contributed by atoms with van der Waals surface area (Å²) in [6.07, 6.45) is -2.02. The number of rotatable bonds is 6. The fourth-order valence-electron chi connectivity index (χ4n) is 2.34. The number of hydrogen-bond donors (Lipinski definition) is 1. The minimum absolute atomic E-state index is 0.228. The van der Waals surface area contributed by atoms with Crippen LogP contribution < -0.4 is 0 Å². The molecule has 0 aliphatic carbocycles. The molecule has 2 rings (SSSR count). The molecule has 2 aromatic rings. The molecule has 11 heteroatoms. The van der Waals surface area contributed by atoms with Crippen LogP contribution in [0.5, 0.6) is 0 Å². The molecule has 0 saturated carbocycles. The number of nitrogens with zero attached hydrogens (tertiary/aromatic N) is 3. The van der Waals surface area contributed by atoms with Gasteiger partial charge in [-0.1, -0.05) is 19.1 Å². The molecule has 146 valence electrons. The molecule has 6 nitrogen and oxygen atoms in total. The van der Waals surface area contributed by atoms with Crippen LogP contribution in [0.3, 0.4) is 0 Å². The number of halogens is 4. The highest BCUT2D eigenvalue weighted by molar-refractivity contribution is 9.10. The van der Waals surface area contributed by atoms with Crippen molar-refractivity contribution < 1.29 is 21.6 Å². The number of sulfone groups is 1. The number of hydrogen-bond acceptors (Lipinski definition) is 5. The average Bonchev–Trinajstić information content (AvgIpc) is 2.94. The first-order valence-corrected chi connectivity index (χ1v) is 10.3. The molecular weight excluding hydrogens is 449 g/mol. The Morgan fingerprint density at radius 1 is 1.37 bits per heavy atom. The maximum Gasteiger partial charge on any atom is 0.416 e. The lowest BCUT2D eigenvalue weighted by Crippen LogP contribution is -2.19. The van der Waals surface area contributed by atoms with Gasteiger partial charge in [-0.05, 0) is 28.1 Å². The van der Waals surface area contributed by atoms with E-state index in [1.807, 2.05) is 0 Å². The van der Waals surface area contributed by atoms with E-state index in [2.05, 4.69) is 26.0 Å². The van der Waals surface area contributed by atoms with Gasteiger partial charge in [0, 0.05) is 24.0 Å². The van der Waals surface area contributed by atoms with Crippen molar-refractivity contribution in [2.45, 2.75) is 19.3 Å². The van der Waals surface area contributed by atoms with Crippen molar-refractivity contribution in [3.05, 3.63) is 40.5 Å². The Labute approximate surface area is 162 Å². The Bertz CT molecular complexity index is 970. The fourth-order valence-corrected chi connectivity index (χ4v) is 3.18. The molecule has 0 aliphatic rings. The highest BCUT2D eigenvalue weighted by atomic mass is 79.9. The van der Waals surface area contributed by atoms with Crippen LogP contribution in [0.15, 0.2) is 39.9 Å². The smallest absolute Gasteiger partial charge is 0.313 e. The monoisotopic (exact) mass is 464 g/mol. The summed E-state index contributed by atoms with van der Waals surface area (Å²) >= 11 is 3.27. The number of benzene rings is 1. The molecule has 1 heterocycles. The lowest BCUT2D eigenvalue weighted by atomic mass is 10.1. The van der Waals surface area contributed by atoms with Crippen molar-refractivity contribution >= 4 is 37.5 Å². The molecule has 0 amide bonds. The van der Waals surface area contributed by atoms with Gasteiger partial charge in [-0.25, -0.2) is 13.1 Å². The zero-order valence-electron chi connectivity index (χ0n) is 14.3. The van der Waals surface area contributed by atoms with Crippen molar-refractivity contribution in [2.75, 3.05) is 6.26 Å². The largest absolute Gasteiger partial charge is 0.416 e. The summed E-state index contributed by atoms with van der Waals surface area (Å²) in [4.78, 5) is 4.00. The van der Waals surface area contributed by atoms with Crippen LogP contribution in [-0.4, -0.2) is 36.2 Å². The second-order valence-corrected chi connectivity index (χ2v) is 8.61. The predicted octanol–water partition coefficient (Wildman–Crippen LogP) is 4.19. The highest BCUT2D eigenvalue weighted by Gasteiger charge is 2.31. The van der Waals surface area contributed by atoms with Crippen LogP contribution in [0, 0.1) is 11.3 Å². The number of aromatic nitrogens is 2. The van der Waals surface area contributed by atoms with E-state index in [0.29, 0.717) is 10.2 Å². The Kier molecular flexibility index (Phi) is 6.25. The summed E-state index contributed by atoms with van der Waals surface area (Å²) < 4.78 is 63.7. The zero-order valence-corrected chi connectivity index (χ0v) is 16.7. The second kappa shape index (κ2) is 7.93. The Hall–Kier alpha value is -2.01. The van der Waals surface area contributed by atoms with Crippen LogP contribution in [0.2, 0.25) is 0 Å². The minimum Gasteiger partial charge on any atom is -0.313 e. The van der Waals surface area contributed by atoms with Gasteiger partial charge in [0.25, 0.3) is 0 Å². The molecule has 1 aromatic carbocycles. The molecule has 0 radical (unpaired) electrons. The average molecular weight is 465 g/mol. The van der Waals surface area contributed by atoms with Crippen LogP contribution in [0.1, 0.15) is 18.7 Å². The molecule has 2 unspecified atom stereocenters. The maximum atomic E-state index is 13.0. The topological polar surface area (TPSA) is 88.2 Å². The van der Waals surface area contributed by atoms with Crippen LogP contribution in [0.25, 0.3) is 11.3 Å². The molecule has 0 spiro atoms. The van der Waals surface area contributed by atoms with Crippen molar-refractivity contribution in [1.29, 1.82) is 5.41 Å². The molecule has 0 fully saturated rings. The van der Waals surface area contributed by atoms with Gasteiger partial charge in [0.05, 0.1) is 21.9 Å². The lowest BCUT2D eigenvalue weighted by Gasteiger charge is -2.20. The van der Waals surface area contributed by atoms with E-state index < -0.39 is 33.7 Å². The highest BCUT2D eigenvalue weighted by Crippen LogP contribution is 2.36. The Morgan fingerprint density at radius 3 is 2.59 bits per heavy atom. The molecule has 0 aliphatic heterocycles. The second-order valence-electron chi connectivity index (χ2n) is 5.89. The van der Waals surface area contributed by atoms with Gasteiger partial charge < -0.3 is 5.41 Å². The van der Waals surface area contributed by atoms with Gasteiger partial charge in [-0.2, -0.15) is 18.3 Å². The van der Waals surface area contributed by atoms with Crippen LogP contribution in [-0.2, 0) is 16.0 Å². The van der Waals surface area contributed by atoms with Gasteiger partial charge >= 0.3 is 6.18 Å². The minimum atomic E-state index is -4.51. The normalized spacial score (nSPS) is 15.0. The van der Waals surface area contributed by atoms with E-state index in [9.17, 15) is 21.6 Å². The molecule has 2 atom stereocenters. The third-order valence-corrected chi connectivity index (χ3v) is 4.69. The number of nitrogens with one attached hydrogen (secondary N) is 1. The van der Waals surface area contributed by atoms with Crippen molar-refractivity contribution in [1.82, 2.24) is 9.78 Å². The summed E-state index contributed by atoms with van der Waals surface area (Å²) in [5.74, 6) is -0.556. The summed E-state index contributed by atoms with van der Waals surface area (Å²) in [6, 6.07) is 4.69. The number of alkyl halides is 3. The quantitative estimate of drug-likeness (QED) is 0.513. The molecule has 0 saturated heterocycles. The first-order chi connectivity index (χ1) is 12.4. The van der Waals surface area contributed by atoms with E-state index in [4.69, 9.17) is 5.41 Å². The van der Waals surface area contributed by atoms with Gasteiger partial charge in [0.15, 0.2) is 9.84 Å². The molecule has 1 aromatic heterocycles. The standard InChI is InChI=1S/C16H16BrF3N4O2S/c1-10(7-21)15(22-9-27(2,25)26)24-14(13(17)8-23-24)11-4-3-5-12(6-11)16(18,19)20/h3-10,15,21H,1-2H3/b21-7?,22-9+. The van der Waals surface area contributed by atoms with Gasteiger partial charge in [0.2, 0.25) is 0 Å². The SMILES string of the molecule is CC(C=N)C(/N=C/S(C)(=O)=O)n1ncc(Br)c1-c1cccc(C(F)(F)F)c1. The van der Waals surface area contributed by atoms with Crippen LogP contribution >= 0.6 is 15.9 Å². The third-order valence-electron chi connectivity index (χ3n) is 3.60. The van der Waals surface area contributed by atoms with Gasteiger partial charge in [0.1, 0.15) is 11.7 Å². The van der Waals surface area contributed by atoms with Gasteiger partial charge in [-0.15, -0.1) is 0 Å². The van der Waals surface area contributed by atoms with E-state index in [0.717, 1.165) is 30.1 Å². The molecule has 1 N–H and O–H groups in total. The summed E-state index contributed by atoms with van der Waals surface area (Å²) in [6.45, 7) is 1.63. The van der Waals surface area contributed by atoms with E-state index in [1.165, 1.54) is 23.0 Å². The van der Waals surface area contributed by atoms with Crippen molar-refractivity contribution in [3.8, 4) is 11.3 Å². The van der Waals surface area contributed by atoms with Crippen molar-refractivity contribution in [3.63, 3.8) is 0 Å². The van der Waals surface area contributed by atoms with Crippen molar-refractivity contribution in [2.24, 2.45) is 10.9 Å². The molecule has 27 heavy (non-hydrogen) atoms.